The van der Waals surface area contributed by atoms with Gasteiger partial charge in [-0.1, -0.05) is 0 Å². The molecule has 1 saturated carbocycles. The van der Waals surface area contributed by atoms with Gasteiger partial charge in [0.25, 0.3) is 0 Å². The molecule has 0 bridgehead atoms. The molecule has 0 heterocycles. The predicted octanol–water partition coefficient (Wildman–Crippen LogP) is -0.316. The second kappa shape index (κ2) is 6.37. The molecule has 6 heteroatoms. The molecule has 1 aliphatic rings. The van der Waals surface area contributed by atoms with Gasteiger partial charge in [-0.15, -0.1) is 0 Å². The van der Waals surface area contributed by atoms with Gasteiger partial charge in [0.15, 0.2) is 0 Å². The van der Waals surface area contributed by atoms with Crippen LogP contribution in [0.2, 0.25) is 0 Å². The van der Waals surface area contributed by atoms with E-state index in [1.165, 1.54) is 20.8 Å². The van der Waals surface area contributed by atoms with Crippen LogP contribution in [0.1, 0.15) is 40.0 Å². The van der Waals surface area contributed by atoms with Crippen molar-refractivity contribution in [3.8, 4) is 0 Å². The molecule has 3 amide bonds. The average Bonchev–Trinajstić information content (AvgIpc) is 2.12. The van der Waals surface area contributed by atoms with Crippen LogP contribution < -0.4 is 16.0 Å². The van der Waals surface area contributed by atoms with Crippen LogP contribution in [0.15, 0.2) is 0 Å². The Kier molecular flexibility index (Phi) is 5.12. The highest BCUT2D eigenvalue weighted by Crippen LogP contribution is 2.19. The first-order valence-electron chi connectivity index (χ1n) is 6.18. The van der Waals surface area contributed by atoms with Crippen LogP contribution in [-0.2, 0) is 14.4 Å². The van der Waals surface area contributed by atoms with Gasteiger partial charge >= 0.3 is 0 Å². The van der Waals surface area contributed by atoms with Gasteiger partial charge in [0.1, 0.15) is 0 Å². The minimum atomic E-state index is -0.0925. The minimum Gasteiger partial charge on any atom is -0.353 e. The smallest absolute Gasteiger partial charge is 0.217 e. The first-order valence-corrected chi connectivity index (χ1v) is 6.18. The Morgan fingerprint density at radius 2 is 0.889 bits per heavy atom. The summed E-state index contributed by atoms with van der Waals surface area (Å²) in [6, 6.07) is -0.0279. The summed E-state index contributed by atoms with van der Waals surface area (Å²) in [5.74, 6) is -0.278. The van der Waals surface area contributed by atoms with E-state index in [2.05, 4.69) is 16.0 Å². The lowest BCUT2D eigenvalue weighted by Crippen LogP contribution is -2.52. The van der Waals surface area contributed by atoms with Gasteiger partial charge in [-0.25, -0.2) is 0 Å². The van der Waals surface area contributed by atoms with Crippen LogP contribution in [0.4, 0.5) is 0 Å². The van der Waals surface area contributed by atoms with E-state index < -0.39 is 0 Å². The van der Waals surface area contributed by atoms with Crippen molar-refractivity contribution in [1.82, 2.24) is 16.0 Å². The van der Waals surface area contributed by atoms with Crippen LogP contribution in [0.25, 0.3) is 0 Å². The lowest BCUT2D eigenvalue weighted by molar-refractivity contribution is -0.120. The molecule has 6 nitrogen and oxygen atoms in total. The number of nitrogens with one attached hydrogen (secondary N) is 3. The molecule has 1 rings (SSSR count). The first kappa shape index (κ1) is 14.5. The van der Waals surface area contributed by atoms with Crippen molar-refractivity contribution in [1.29, 1.82) is 0 Å². The lowest BCUT2D eigenvalue weighted by atomic mass is 9.87. The number of amides is 3. The normalized spacial score (nSPS) is 27.2. The highest BCUT2D eigenvalue weighted by Gasteiger charge is 2.30. The van der Waals surface area contributed by atoms with Crippen molar-refractivity contribution in [2.24, 2.45) is 0 Å². The van der Waals surface area contributed by atoms with Gasteiger partial charge in [-0.3, -0.25) is 14.4 Å². The average molecular weight is 255 g/mol. The van der Waals surface area contributed by atoms with E-state index in [1.54, 1.807) is 0 Å². The molecule has 0 unspecified atom stereocenters. The molecule has 0 aromatic rings. The number of hydrogen-bond acceptors (Lipinski definition) is 3. The maximum atomic E-state index is 11.1. The minimum absolute atomic E-state index is 0.00931. The van der Waals surface area contributed by atoms with E-state index in [-0.39, 0.29) is 35.8 Å². The fourth-order valence-electron chi connectivity index (χ4n) is 2.53. The Morgan fingerprint density at radius 3 is 1.06 bits per heavy atom. The van der Waals surface area contributed by atoms with Gasteiger partial charge in [-0.2, -0.15) is 0 Å². The van der Waals surface area contributed by atoms with Crippen LogP contribution in [0.3, 0.4) is 0 Å². The molecule has 0 atom stereocenters. The molecule has 1 fully saturated rings. The van der Waals surface area contributed by atoms with Crippen LogP contribution in [0, 0.1) is 0 Å². The molecule has 102 valence electrons. The molecule has 0 aromatic carbocycles. The predicted molar refractivity (Wildman–Crippen MR) is 66.7 cm³/mol. The summed E-state index contributed by atoms with van der Waals surface area (Å²) in [6.07, 6.45) is 2.11. The zero-order chi connectivity index (χ0) is 13.7. The maximum absolute atomic E-state index is 11.1. The van der Waals surface area contributed by atoms with E-state index in [4.69, 9.17) is 0 Å². The van der Waals surface area contributed by atoms with E-state index in [9.17, 15) is 14.4 Å². The van der Waals surface area contributed by atoms with Crippen LogP contribution >= 0.6 is 0 Å². The molecular formula is C12H21N3O3. The standard InChI is InChI=1S/C12H21N3O3/c1-7(16)13-10-4-11(14-8(2)17)6-12(5-10)15-9(3)18/h10-12H,4-6H2,1-3H3,(H,13,16)(H,14,17)(H,15,18). The van der Waals surface area contributed by atoms with Crippen molar-refractivity contribution in [2.45, 2.75) is 58.2 Å². The summed E-state index contributed by atoms with van der Waals surface area (Å²) in [7, 11) is 0. The molecule has 0 radical (unpaired) electrons. The van der Waals surface area contributed by atoms with E-state index >= 15 is 0 Å². The molecule has 0 spiro atoms. The van der Waals surface area contributed by atoms with Crippen LogP contribution in [-0.4, -0.2) is 35.8 Å². The Hall–Kier alpha value is -1.59. The molecular weight excluding hydrogens is 234 g/mol. The van der Waals surface area contributed by atoms with Crippen LogP contribution in [0.5, 0.6) is 0 Å². The lowest BCUT2D eigenvalue weighted by Gasteiger charge is -2.35. The van der Waals surface area contributed by atoms with Gasteiger partial charge in [0.05, 0.1) is 0 Å². The van der Waals surface area contributed by atoms with Crippen molar-refractivity contribution < 1.29 is 14.4 Å². The Balaban J connectivity index is 2.62. The zero-order valence-corrected chi connectivity index (χ0v) is 11.1. The summed E-state index contributed by atoms with van der Waals surface area (Å²) in [5.41, 5.74) is 0. The van der Waals surface area contributed by atoms with E-state index in [0.29, 0.717) is 19.3 Å². The number of carbonyl (C=O) groups is 3. The third-order valence-electron chi connectivity index (χ3n) is 2.93. The number of hydrogen-bond donors (Lipinski definition) is 3. The number of carbonyl (C=O) groups excluding carboxylic acids is 3. The molecule has 3 N–H and O–H groups in total. The SMILES string of the molecule is CC(=O)NC1CC(NC(C)=O)CC(NC(C)=O)C1. The summed E-state index contributed by atoms with van der Waals surface area (Å²) in [5, 5.41) is 8.54. The molecule has 18 heavy (non-hydrogen) atoms. The Morgan fingerprint density at radius 1 is 0.667 bits per heavy atom. The fraction of sp³-hybridized carbons (Fsp3) is 0.750. The van der Waals surface area contributed by atoms with Crippen molar-refractivity contribution in [2.75, 3.05) is 0 Å². The fourth-order valence-corrected chi connectivity index (χ4v) is 2.53. The second-order valence-electron chi connectivity index (χ2n) is 4.90. The van der Waals surface area contributed by atoms with Crippen molar-refractivity contribution >= 4 is 17.7 Å². The third kappa shape index (κ3) is 5.16. The summed E-state index contributed by atoms with van der Waals surface area (Å²) in [6.45, 7) is 4.40. The van der Waals surface area contributed by atoms with Gasteiger partial charge in [0.2, 0.25) is 17.7 Å². The molecule has 1 aliphatic carbocycles. The summed E-state index contributed by atoms with van der Waals surface area (Å²) in [4.78, 5) is 33.3. The first-order chi connectivity index (χ1) is 8.36. The van der Waals surface area contributed by atoms with Crippen molar-refractivity contribution in [3.63, 3.8) is 0 Å². The number of rotatable bonds is 3. The summed E-state index contributed by atoms with van der Waals surface area (Å²) < 4.78 is 0. The molecule has 0 aliphatic heterocycles. The Bertz CT molecular complexity index is 285. The van der Waals surface area contributed by atoms with E-state index in [0.717, 1.165) is 0 Å². The monoisotopic (exact) mass is 255 g/mol. The maximum Gasteiger partial charge on any atom is 0.217 e. The molecule has 0 saturated heterocycles. The highest BCUT2D eigenvalue weighted by atomic mass is 16.2. The highest BCUT2D eigenvalue weighted by molar-refractivity contribution is 5.74. The van der Waals surface area contributed by atoms with Gasteiger partial charge < -0.3 is 16.0 Å². The second-order valence-corrected chi connectivity index (χ2v) is 4.90. The Labute approximate surface area is 107 Å². The largest absolute Gasteiger partial charge is 0.353 e. The summed E-state index contributed by atoms with van der Waals surface area (Å²) >= 11 is 0. The van der Waals surface area contributed by atoms with Gasteiger partial charge in [-0.05, 0) is 19.3 Å². The van der Waals surface area contributed by atoms with E-state index in [1.807, 2.05) is 0 Å². The molecule has 0 aromatic heterocycles. The quantitative estimate of drug-likeness (QED) is 0.646. The zero-order valence-electron chi connectivity index (χ0n) is 11.1. The third-order valence-corrected chi connectivity index (χ3v) is 2.93. The van der Waals surface area contributed by atoms with Crippen molar-refractivity contribution in [3.05, 3.63) is 0 Å². The van der Waals surface area contributed by atoms with Gasteiger partial charge in [0, 0.05) is 38.9 Å². The topological polar surface area (TPSA) is 87.3 Å².